The first kappa shape index (κ1) is 24.1. The summed E-state index contributed by atoms with van der Waals surface area (Å²) in [5, 5.41) is 14.7. The van der Waals surface area contributed by atoms with E-state index in [0.29, 0.717) is 17.7 Å². The summed E-state index contributed by atoms with van der Waals surface area (Å²) in [5.74, 6) is 0.983. The van der Waals surface area contributed by atoms with Crippen LogP contribution in [0.2, 0.25) is 0 Å². The van der Waals surface area contributed by atoms with E-state index in [1.165, 1.54) is 60.8 Å². The van der Waals surface area contributed by atoms with Gasteiger partial charge >= 0.3 is 0 Å². The molecule has 1 fully saturated rings. The quantitative estimate of drug-likeness (QED) is 0.363. The fourth-order valence-corrected chi connectivity index (χ4v) is 6.05. The summed E-state index contributed by atoms with van der Waals surface area (Å²) < 4.78 is 0. The second-order valence-electron chi connectivity index (χ2n) is 10.5. The van der Waals surface area contributed by atoms with Gasteiger partial charge in [0, 0.05) is 37.2 Å². The zero-order valence-electron chi connectivity index (χ0n) is 21.0. The molecule has 0 spiro atoms. The lowest BCUT2D eigenvalue weighted by Crippen LogP contribution is -2.32. The maximum atomic E-state index is 11.0. The minimum absolute atomic E-state index is 0.442. The number of nitrogens with one attached hydrogen (secondary N) is 1. The summed E-state index contributed by atoms with van der Waals surface area (Å²) in [4.78, 5) is 2.56. The molecule has 1 aliphatic carbocycles. The summed E-state index contributed by atoms with van der Waals surface area (Å²) in [6.45, 7) is 3.86. The van der Waals surface area contributed by atoms with E-state index in [4.69, 9.17) is 0 Å². The number of phenols is 1. The Morgan fingerprint density at radius 3 is 2.23 bits per heavy atom. The molecule has 1 heterocycles. The molecule has 3 heteroatoms. The molecular formula is C32H40N2O. The summed E-state index contributed by atoms with van der Waals surface area (Å²) in [5.41, 5.74) is 6.36. The van der Waals surface area contributed by atoms with Crippen LogP contribution in [0.1, 0.15) is 78.7 Å². The van der Waals surface area contributed by atoms with Crippen LogP contribution in [-0.4, -0.2) is 29.1 Å². The molecule has 1 aliphatic heterocycles. The van der Waals surface area contributed by atoms with Gasteiger partial charge in [0.05, 0.1) is 0 Å². The van der Waals surface area contributed by atoms with Gasteiger partial charge in [0.25, 0.3) is 0 Å². The zero-order valence-corrected chi connectivity index (χ0v) is 21.0. The average molecular weight is 469 g/mol. The Morgan fingerprint density at radius 2 is 1.54 bits per heavy atom. The third kappa shape index (κ3) is 6.15. The molecule has 184 valence electrons. The molecule has 2 aliphatic rings. The maximum Gasteiger partial charge on any atom is 0.123 e. The van der Waals surface area contributed by atoms with Gasteiger partial charge in [-0.05, 0) is 60.9 Å². The van der Waals surface area contributed by atoms with Crippen LogP contribution in [0.25, 0.3) is 0 Å². The highest BCUT2D eigenvalue weighted by Crippen LogP contribution is 2.33. The summed E-state index contributed by atoms with van der Waals surface area (Å²) >= 11 is 0. The Bertz CT molecular complexity index is 1020. The van der Waals surface area contributed by atoms with Gasteiger partial charge in [0.1, 0.15) is 5.75 Å². The first-order valence-corrected chi connectivity index (χ1v) is 13.7. The molecule has 0 amide bonds. The van der Waals surface area contributed by atoms with Gasteiger partial charge in [0.15, 0.2) is 0 Å². The van der Waals surface area contributed by atoms with Crippen LogP contribution in [0.3, 0.4) is 0 Å². The number of benzene rings is 3. The van der Waals surface area contributed by atoms with Crippen molar-refractivity contribution in [2.75, 3.05) is 13.1 Å². The molecule has 0 unspecified atom stereocenters. The monoisotopic (exact) mass is 468 g/mol. The SMILES string of the molecule is Oc1c(CNC2CCCCC2)ccc2c1CCN(CCCC(c1ccccc1)c1ccccc1)C2. The second-order valence-corrected chi connectivity index (χ2v) is 10.5. The largest absolute Gasteiger partial charge is 0.507 e. The van der Waals surface area contributed by atoms with E-state index >= 15 is 0 Å². The van der Waals surface area contributed by atoms with Gasteiger partial charge in [-0.1, -0.05) is 92.1 Å². The van der Waals surface area contributed by atoms with E-state index in [0.717, 1.165) is 44.6 Å². The van der Waals surface area contributed by atoms with E-state index in [-0.39, 0.29) is 0 Å². The number of hydrogen-bond donors (Lipinski definition) is 2. The van der Waals surface area contributed by atoms with Crippen molar-refractivity contribution in [3.05, 3.63) is 101 Å². The minimum Gasteiger partial charge on any atom is -0.507 e. The van der Waals surface area contributed by atoms with Crippen LogP contribution < -0.4 is 5.32 Å². The van der Waals surface area contributed by atoms with Crippen molar-refractivity contribution in [1.82, 2.24) is 10.2 Å². The van der Waals surface area contributed by atoms with Gasteiger partial charge in [-0.3, -0.25) is 4.90 Å². The van der Waals surface area contributed by atoms with Crippen molar-refractivity contribution in [3.63, 3.8) is 0 Å². The second kappa shape index (κ2) is 11.9. The molecule has 0 radical (unpaired) electrons. The van der Waals surface area contributed by atoms with E-state index in [2.05, 4.69) is 83.0 Å². The van der Waals surface area contributed by atoms with E-state index in [9.17, 15) is 5.11 Å². The molecule has 0 aromatic heterocycles. The van der Waals surface area contributed by atoms with Gasteiger partial charge in [0.2, 0.25) is 0 Å². The van der Waals surface area contributed by atoms with Crippen LogP contribution in [0.5, 0.6) is 5.75 Å². The maximum absolute atomic E-state index is 11.0. The molecule has 2 N–H and O–H groups in total. The Morgan fingerprint density at radius 1 is 0.857 bits per heavy atom. The van der Waals surface area contributed by atoms with Crippen LogP contribution in [-0.2, 0) is 19.5 Å². The average Bonchev–Trinajstić information content (AvgIpc) is 2.92. The van der Waals surface area contributed by atoms with Crippen molar-refractivity contribution < 1.29 is 5.11 Å². The topological polar surface area (TPSA) is 35.5 Å². The van der Waals surface area contributed by atoms with Crippen LogP contribution in [0, 0.1) is 0 Å². The Hall–Kier alpha value is -2.62. The standard InChI is InChI=1S/C32H40N2O/c35-32-27(23-33-29-15-8-3-9-16-29)18-19-28-24-34(22-20-31(28)32)21-10-17-30(25-11-4-1-5-12-25)26-13-6-2-7-14-26/h1-2,4-7,11-14,18-19,29-30,33,35H,3,8-10,15-17,20-24H2. The lowest BCUT2D eigenvalue weighted by molar-refractivity contribution is 0.245. The minimum atomic E-state index is 0.442. The lowest BCUT2D eigenvalue weighted by atomic mass is 9.87. The Labute approximate surface area is 211 Å². The van der Waals surface area contributed by atoms with Gasteiger partial charge in [-0.2, -0.15) is 0 Å². The first-order valence-electron chi connectivity index (χ1n) is 13.7. The van der Waals surface area contributed by atoms with Gasteiger partial charge in [-0.15, -0.1) is 0 Å². The smallest absolute Gasteiger partial charge is 0.123 e. The van der Waals surface area contributed by atoms with Crippen molar-refractivity contribution in [2.45, 2.75) is 76.4 Å². The summed E-state index contributed by atoms with van der Waals surface area (Å²) in [6, 6.07) is 26.9. The van der Waals surface area contributed by atoms with E-state index in [1.54, 1.807) is 0 Å². The summed E-state index contributed by atoms with van der Waals surface area (Å²) in [7, 11) is 0. The number of nitrogens with zero attached hydrogens (tertiary/aromatic N) is 1. The predicted octanol–water partition coefficient (Wildman–Crippen LogP) is 6.78. The van der Waals surface area contributed by atoms with Crippen molar-refractivity contribution in [1.29, 1.82) is 0 Å². The normalized spacial score (nSPS) is 16.9. The fourth-order valence-electron chi connectivity index (χ4n) is 6.05. The molecule has 0 atom stereocenters. The predicted molar refractivity (Wildman–Crippen MR) is 145 cm³/mol. The van der Waals surface area contributed by atoms with Gasteiger partial charge < -0.3 is 10.4 Å². The summed E-state index contributed by atoms with van der Waals surface area (Å²) in [6.07, 6.45) is 9.85. The Balaban J connectivity index is 1.17. The fraction of sp³-hybridized carbons (Fsp3) is 0.438. The molecule has 3 aromatic rings. The molecular weight excluding hydrogens is 428 g/mol. The third-order valence-electron chi connectivity index (χ3n) is 8.09. The highest BCUT2D eigenvalue weighted by atomic mass is 16.3. The van der Waals surface area contributed by atoms with Crippen molar-refractivity contribution >= 4 is 0 Å². The molecule has 35 heavy (non-hydrogen) atoms. The van der Waals surface area contributed by atoms with Crippen molar-refractivity contribution in [3.8, 4) is 5.75 Å². The molecule has 3 nitrogen and oxygen atoms in total. The number of fused-ring (bicyclic) bond motifs is 1. The van der Waals surface area contributed by atoms with Gasteiger partial charge in [-0.25, -0.2) is 0 Å². The molecule has 3 aromatic carbocycles. The number of hydrogen-bond acceptors (Lipinski definition) is 3. The third-order valence-corrected chi connectivity index (χ3v) is 8.09. The number of phenolic OH excluding ortho intramolecular Hbond substituents is 1. The molecule has 1 saturated carbocycles. The zero-order chi connectivity index (χ0) is 23.9. The van der Waals surface area contributed by atoms with Crippen molar-refractivity contribution in [2.24, 2.45) is 0 Å². The number of rotatable bonds is 9. The van der Waals surface area contributed by atoms with Crippen LogP contribution in [0.4, 0.5) is 0 Å². The lowest BCUT2D eigenvalue weighted by Gasteiger charge is -2.30. The highest BCUT2D eigenvalue weighted by Gasteiger charge is 2.22. The van der Waals surface area contributed by atoms with Crippen LogP contribution >= 0.6 is 0 Å². The first-order chi connectivity index (χ1) is 17.3. The molecule has 0 saturated heterocycles. The molecule has 0 bridgehead atoms. The van der Waals surface area contributed by atoms with Crippen LogP contribution in [0.15, 0.2) is 72.8 Å². The van der Waals surface area contributed by atoms with E-state index in [1.807, 2.05) is 0 Å². The highest BCUT2D eigenvalue weighted by molar-refractivity contribution is 5.46. The van der Waals surface area contributed by atoms with E-state index < -0.39 is 0 Å². The molecule has 5 rings (SSSR count). The number of aromatic hydroxyl groups is 1. The Kier molecular flexibility index (Phi) is 8.18.